The number of alkyl halides is 3. The smallest absolute Gasteiger partial charge is 0.416 e. The van der Waals surface area contributed by atoms with Crippen LogP contribution in [-0.4, -0.2) is 18.7 Å². The normalized spacial score (nSPS) is 12.5. The summed E-state index contributed by atoms with van der Waals surface area (Å²) in [5.74, 6) is 0.0565. The Morgan fingerprint density at radius 1 is 1.19 bits per heavy atom. The van der Waals surface area contributed by atoms with E-state index in [1.54, 1.807) is 38.1 Å². The van der Waals surface area contributed by atoms with Crippen LogP contribution >= 0.6 is 27.7 Å². The van der Waals surface area contributed by atoms with Crippen LogP contribution in [-0.2, 0) is 15.7 Å². The second kappa shape index (κ2) is 8.81. The third-order valence-electron chi connectivity index (χ3n) is 3.24. The summed E-state index contributed by atoms with van der Waals surface area (Å²) in [6.45, 7) is 3.60. The highest BCUT2D eigenvalue weighted by Crippen LogP contribution is 2.38. The van der Waals surface area contributed by atoms with Crippen molar-refractivity contribution in [3.63, 3.8) is 0 Å². The number of rotatable bonds is 6. The Morgan fingerprint density at radius 2 is 1.85 bits per heavy atom. The molecule has 26 heavy (non-hydrogen) atoms. The maximum Gasteiger partial charge on any atom is 0.416 e. The maximum atomic E-state index is 12.7. The van der Waals surface area contributed by atoms with Crippen molar-refractivity contribution in [2.75, 3.05) is 6.61 Å². The van der Waals surface area contributed by atoms with E-state index in [-0.39, 0.29) is 6.61 Å². The van der Waals surface area contributed by atoms with E-state index in [2.05, 4.69) is 15.9 Å². The fraction of sp³-hybridized carbons (Fsp3) is 0.278. The van der Waals surface area contributed by atoms with Crippen LogP contribution in [0.25, 0.3) is 0 Å². The highest BCUT2D eigenvalue weighted by atomic mass is 79.9. The van der Waals surface area contributed by atoms with Gasteiger partial charge >= 0.3 is 12.1 Å². The van der Waals surface area contributed by atoms with Crippen molar-refractivity contribution < 1.29 is 27.4 Å². The molecule has 1 atom stereocenters. The zero-order valence-corrected chi connectivity index (χ0v) is 16.4. The first-order chi connectivity index (χ1) is 12.2. The molecule has 0 fully saturated rings. The van der Waals surface area contributed by atoms with Crippen molar-refractivity contribution in [3.8, 4) is 5.75 Å². The van der Waals surface area contributed by atoms with E-state index in [0.29, 0.717) is 15.1 Å². The highest BCUT2D eigenvalue weighted by molar-refractivity contribution is 9.10. The average molecular weight is 449 g/mol. The van der Waals surface area contributed by atoms with Crippen LogP contribution in [0, 0.1) is 0 Å². The van der Waals surface area contributed by atoms with Crippen molar-refractivity contribution >= 4 is 33.7 Å². The standard InChI is InChI=1S/C18H16BrF3O3S/c1-3-24-17(23)11(2)25-13-5-7-14(8-6-13)26-16-9-4-12(10-15(16)19)18(20,21)22/h4-11H,3H2,1-2H3. The number of esters is 1. The minimum absolute atomic E-state index is 0.282. The monoisotopic (exact) mass is 448 g/mol. The van der Waals surface area contributed by atoms with E-state index in [4.69, 9.17) is 9.47 Å². The summed E-state index contributed by atoms with van der Waals surface area (Å²) in [5, 5.41) is 0. The van der Waals surface area contributed by atoms with Crippen LogP contribution in [0.5, 0.6) is 5.75 Å². The summed E-state index contributed by atoms with van der Waals surface area (Å²) in [6.07, 6.45) is -5.10. The van der Waals surface area contributed by atoms with Crippen LogP contribution in [0.15, 0.2) is 56.7 Å². The molecule has 0 aliphatic carbocycles. The van der Waals surface area contributed by atoms with Gasteiger partial charge in [-0.05, 0) is 72.2 Å². The van der Waals surface area contributed by atoms with Crippen molar-refractivity contribution in [2.45, 2.75) is 35.9 Å². The van der Waals surface area contributed by atoms with Gasteiger partial charge in [-0.25, -0.2) is 4.79 Å². The van der Waals surface area contributed by atoms with Gasteiger partial charge < -0.3 is 9.47 Å². The van der Waals surface area contributed by atoms with Gasteiger partial charge in [-0.3, -0.25) is 0 Å². The maximum absolute atomic E-state index is 12.7. The third kappa shape index (κ3) is 5.67. The summed E-state index contributed by atoms with van der Waals surface area (Å²) in [5.41, 5.74) is -0.703. The molecule has 0 N–H and O–H groups in total. The molecule has 0 heterocycles. The number of hydrogen-bond donors (Lipinski definition) is 0. The first-order valence-corrected chi connectivity index (χ1v) is 9.29. The van der Waals surface area contributed by atoms with E-state index in [1.807, 2.05) is 0 Å². The predicted molar refractivity (Wildman–Crippen MR) is 96.4 cm³/mol. The molecule has 2 aromatic rings. The van der Waals surface area contributed by atoms with Gasteiger partial charge in [0, 0.05) is 14.3 Å². The minimum Gasteiger partial charge on any atom is -0.479 e. The fourth-order valence-electron chi connectivity index (χ4n) is 1.99. The Kier molecular flexibility index (Phi) is 7.00. The van der Waals surface area contributed by atoms with E-state index < -0.39 is 23.8 Å². The molecule has 8 heteroatoms. The second-order valence-corrected chi connectivity index (χ2v) is 7.20. The third-order valence-corrected chi connectivity index (χ3v) is 5.24. The molecule has 140 valence electrons. The zero-order valence-electron chi connectivity index (χ0n) is 14.0. The van der Waals surface area contributed by atoms with Gasteiger partial charge in [-0.2, -0.15) is 13.2 Å². The van der Waals surface area contributed by atoms with Crippen molar-refractivity contribution in [3.05, 3.63) is 52.5 Å². The molecular formula is C18H16BrF3O3S. The summed E-state index contributed by atoms with van der Waals surface area (Å²) in [4.78, 5) is 13.0. The van der Waals surface area contributed by atoms with E-state index in [1.165, 1.54) is 17.8 Å². The first kappa shape index (κ1) is 20.6. The van der Waals surface area contributed by atoms with Crippen molar-refractivity contribution in [2.24, 2.45) is 0 Å². The lowest BCUT2D eigenvalue weighted by atomic mass is 10.2. The lowest BCUT2D eigenvalue weighted by Gasteiger charge is -2.14. The van der Waals surface area contributed by atoms with Crippen LogP contribution in [0.1, 0.15) is 19.4 Å². The number of hydrogen-bond acceptors (Lipinski definition) is 4. The lowest BCUT2D eigenvalue weighted by Crippen LogP contribution is -2.25. The highest BCUT2D eigenvalue weighted by Gasteiger charge is 2.30. The van der Waals surface area contributed by atoms with Gasteiger partial charge in [-0.1, -0.05) is 11.8 Å². The van der Waals surface area contributed by atoms with Gasteiger partial charge in [0.1, 0.15) is 5.75 Å². The zero-order chi connectivity index (χ0) is 19.3. The van der Waals surface area contributed by atoms with Crippen LogP contribution in [0.3, 0.4) is 0 Å². The molecule has 0 radical (unpaired) electrons. The number of ether oxygens (including phenoxy) is 2. The van der Waals surface area contributed by atoms with Gasteiger partial charge in [-0.15, -0.1) is 0 Å². The molecule has 2 aromatic carbocycles. The Bertz CT molecular complexity index is 763. The number of halogens is 4. The number of carbonyl (C=O) groups is 1. The number of benzene rings is 2. The minimum atomic E-state index is -4.37. The van der Waals surface area contributed by atoms with E-state index in [0.717, 1.165) is 17.0 Å². The molecule has 0 amide bonds. The molecule has 2 rings (SSSR count). The largest absolute Gasteiger partial charge is 0.479 e. The van der Waals surface area contributed by atoms with Crippen LogP contribution in [0.2, 0.25) is 0 Å². The Hall–Kier alpha value is -1.67. The molecule has 1 unspecified atom stereocenters. The number of carbonyl (C=O) groups excluding carboxylic acids is 1. The van der Waals surface area contributed by atoms with Crippen LogP contribution in [0.4, 0.5) is 13.2 Å². The first-order valence-electron chi connectivity index (χ1n) is 7.68. The van der Waals surface area contributed by atoms with Crippen molar-refractivity contribution in [1.29, 1.82) is 0 Å². The molecule has 0 bridgehead atoms. The molecule has 0 spiro atoms. The summed E-state index contributed by atoms with van der Waals surface area (Å²) in [6, 6.07) is 10.4. The molecule has 0 saturated heterocycles. The Morgan fingerprint density at radius 3 is 2.38 bits per heavy atom. The van der Waals surface area contributed by atoms with Gasteiger partial charge in [0.05, 0.1) is 12.2 Å². The molecule has 0 aliphatic rings. The van der Waals surface area contributed by atoms with Crippen molar-refractivity contribution in [1.82, 2.24) is 0 Å². The predicted octanol–water partition coefficient (Wildman–Crippen LogP) is 5.95. The molecular weight excluding hydrogens is 433 g/mol. The molecule has 0 aliphatic heterocycles. The van der Waals surface area contributed by atoms with E-state index >= 15 is 0 Å². The van der Waals surface area contributed by atoms with Gasteiger partial charge in [0.25, 0.3) is 0 Å². The van der Waals surface area contributed by atoms with Gasteiger partial charge in [0.2, 0.25) is 0 Å². The van der Waals surface area contributed by atoms with E-state index in [9.17, 15) is 18.0 Å². The summed E-state index contributed by atoms with van der Waals surface area (Å²) in [7, 11) is 0. The Labute approximate surface area is 162 Å². The SMILES string of the molecule is CCOC(=O)C(C)Oc1ccc(Sc2ccc(C(F)(F)F)cc2Br)cc1. The molecule has 0 aromatic heterocycles. The van der Waals surface area contributed by atoms with Gasteiger partial charge in [0.15, 0.2) is 6.10 Å². The topological polar surface area (TPSA) is 35.5 Å². The molecule has 0 saturated carbocycles. The molecule has 3 nitrogen and oxygen atoms in total. The quantitative estimate of drug-likeness (QED) is 0.511. The summed E-state index contributed by atoms with van der Waals surface area (Å²) >= 11 is 4.49. The van der Waals surface area contributed by atoms with Crippen LogP contribution < -0.4 is 4.74 Å². The summed E-state index contributed by atoms with van der Waals surface area (Å²) < 4.78 is 48.9. The second-order valence-electron chi connectivity index (χ2n) is 5.23. The Balaban J connectivity index is 2.04. The average Bonchev–Trinajstić information content (AvgIpc) is 2.57. The lowest BCUT2D eigenvalue weighted by molar-refractivity contribution is -0.150. The fourth-order valence-corrected chi connectivity index (χ4v) is 3.43.